The molecule has 0 aliphatic rings. The molecule has 0 aliphatic carbocycles. The van der Waals surface area contributed by atoms with Crippen molar-refractivity contribution in [1.29, 1.82) is 0 Å². The van der Waals surface area contributed by atoms with Crippen molar-refractivity contribution in [3.63, 3.8) is 0 Å². The van der Waals surface area contributed by atoms with E-state index in [1.807, 2.05) is 29.9 Å². The van der Waals surface area contributed by atoms with Gasteiger partial charge in [0, 0.05) is 25.4 Å². The standard InChI is InChI=1S/C11H16N4O/c1-3-15-10(4-5-13-15)7-12-8-11-6-9(2)14-16-11/h4-6,12H,3,7-8H2,1-2H3. The second kappa shape index (κ2) is 4.94. The monoisotopic (exact) mass is 220 g/mol. The minimum Gasteiger partial charge on any atom is -0.360 e. The Kier molecular flexibility index (Phi) is 3.36. The maximum atomic E-state index is 5.11. The number of hydrogen-bond donors (Lipinski definition) is 1. The highest BCUT2D eigenvalue weighted by Crippen LogP contribution is 2.03. The minimum atomic E-state index is 0.690. The highest BCUT2D eigenvalue weighted by atomic mass is 16.5. The first-order valence-electron chi connectivity index (χ1n) is 5.43. The molecule has 0 amide bonds. The lowest BCUT2D eigenvalue weighted by Gasteiger charge is -2.04. The third-order valence-electron chi connectivity index (χ3n) is 2.39. The largest absolute Gasteiger partial charge is 0.360 e. The molecule has 0 fully saturated rings. The van der Waals surface area contributed by atoms with Crippen molar-refractivity contribution in [3.05, 3.63) is 35.5 Å². The van der Waals surface area contributed by atoms with Crippen molar-refractivity contribution < 1.29 is 4.52 Å². The maximum absolute atomic E-state index is 5.11. The molecule has 2 rings (SSSR count). The number of rotatable bonds is 5. The summed E-state index contributed by atoms with van der Waals surface area (Å²) in [4.78, 5) is 0. The van der Waals surface area contributed by atoms with E-state index in [9.17, 15) is 0 Å². The fourth-order valence-electron chi connectivity index (χ4n) is 1.61. The molecule has 0 radical (unpaired) electrons. The van der Waals surface area contributed by atoms with Crippen LogP contribution >= 0.6 is 0 Å². The van der Waals surface area contributed by atoms with Gasteiger partial charge >= 0.3 is 0 Å². The maximum Gasteiger partial charge on any atom is 0.150 e. The molecular formula is C11H16N4O. The van der Waals surface area contributed by atoms with Gasteiger partial charge in [-0.3, -0.25) is 4.68 Å². The summed E-state index contributed by atoms with van der Waals surface area (Å²) < 4.78 is 7.08. The summed E-state index contributed by atoms with van der Waals surface area (Å²) in [5.74, 6) is 0.861. The summed E-state index contributed by atoms with van der Waals surface area (Å²) in [5.41, 5.74) is 2.09. The Morgan fingerprint density at radius 2 is 2.31 bits per heavy atom. The molecule has 1 N–H and O–H groups in total. The SMILES string of the molecule is CCn1nccc1CNCc1cc(C)no1. The van der Waals surface area contributed by atoms with E-state index in [4.69, 9.17) is 4.52 Å². The van der Waals surface area contributed by atoms with Crippen LogP contribution in [0.4, 0.5) is 0 Å². The van der Waals surface area contributed by atoms with E-state index < -0.39 is 0 Å². The van der Waals surface area contributed by atoms with Crippen molar-refractivity contribution >= 4 is 0 Å². The van der Waals surface area contributed by atoms with Gasteiger partial charge in [-0.2, -0.15) is 5.10 Å². The molecule has 0 saturated heterocycles. The van der Waals surface area contributed by atoms with Gasteiger partial charge in [-0.05, 0) is 19.9 Å². The van der Waals surface area contributed by atoms with Gasteiger partial charge < -0.3 is 9.84 Å². The minimum absolute atomic E-state index is 0.690. The summed E-state index contributed by atoms with van der Waals surface area (Å²) >= 11 is 0. The zero-order valence-corrected chi connectivity index (χ0v) is 9.60. The molecular weight excluding hydrogens is 204 g/mol. The Morgan fingerprint density at radius 3 is 3.00 bits per heavy atom. The Labute approximate surface area is 94.4 Å². The average molecular weight is 220 g/mol. The summed E-state index contributed by atoms with van der Waals surface area (Å²) in [5, 5.41) is 11.3. The molecule has 2 aromatic rings. The van der Waals surface area contributed by atoms with Gasteiger partial charge in [-0.15, -0.1) is 0 Å². The Bertz CT molecular complexity index is 446. The van der Waals surface area contributed by atoms with Crippen LogP contribution in [-0.2, 0) is 19.6 Å². The van der Waals surface area contributed by atoms with Crippen LogP contribution in [-0.4, -0.2) is 14.9 Å². The van der Waals surface area contributed by atoms with Crippen LogP contribution in [0.5, 0.6) is 0 Å². The Balaban J connectivity index is 1.84. The quantitative estimate of drug-likeness (QED) is 0.829. The molecule has 86 valence electrons. The van der Waals surface area contributed by atoms with Gasteiger partial charge in [0.15, 0.2) is 5.76 Å². The molecule has 0 aromatic carbocycles. The third-order valence-corrected chi connectivity index (χ3v) is 2.39. The summed E-state index contributed by atoms with van der Waals surface area (Å²) in [7, 11) is 0. The molecule has 5 nitrogen and oxygen atoms in total. The molecule has 2 aromatic heterocycles. The van der Waals surface area contributed by atoms with E-state index in [1.165, 1.54) is 5.69 Å². The lowest BCUT2D eigenvalue weighted by Crippen LogP contribution is -2.15. The number of hydrogen-bond acceptors (Lipinski definition) is 4. The first kappa shape index (κ1) is 10.9. The predicted molar refractivity (Wildman–Crippen MR) is 59.7 cm³/mol. The highest BCUT2D eigenvalue weighted by Gasteiger charge is 2.02. The van der Waals surface area contributed by atoms with Crippen LogP contribution in [0, 0.1) is 6.92 Å². The first-order valence-corrected chi connectivity index (χ1v) is 5.43. The van der Waals surface area contributed by atoms with Crippen LogP contribution in [0.2, 0.25) is 0 Å². The van der Waals surface area contributed by atoms with E-state index in [1.54, 1.807) is 0 Å². The van der Waals surface area contributed by atoms with Crippen LogP contribution in [0.1, 0.15) is 24.1 Å². The molecule has 0 aliphatic heterocycles. The van der Waals surface area contributed by atoms with E-state index in [2.05, 4.69) is 22.5 Å². The van der Waals surface area contributed by atoms with Crippen molar-refractivity contribution in [1.82, 2.24) is 20.3 Å². The molecule has 0 atom stereocenters. The lowest BCUT2D eigenvalue weighted by atomic mass is 10.3. The van der Waals surface area contributed by atoms with Crippen molar-refractivity contribution in [2.75, 3.05) is 0 Å². The highest BCUT2D eigenvalue weighted by molar-refractivity contribution is 5.04. The summed E-state index contributed by atoms with van der Waals surface area (Å²) in [6, 6.07) is 3.95. The van der Waals surface area contributed by atoms with E-state index in [0.29, 0.717) is 6.54 Å². The smallest absolute Gasteiger partial charge is 0.150 e. The Morgan fingerprint density at radius 1 is 1.44 bits per heavy atom. The molecule has 0 bridgehead atoms. The molecule has 2 heterocycles. The lowest BCUT2D eigenvalue weighted by molar-refractivity contribution is 0.368. The Hall–Kier alpha value is -1.62. The molecule has 0 saturated carbocycles. The van der Waals surface area contributed by atoms with Gasteiger partial charge in [-0.25, -0.2) is 0 Å². The topological polar surface area (TPSA) is 55.9 Å². The van der Waals surface area contributed by atoms with Gasteiger partial charge in [0.1, 0.15) is 0 Å². The van der Waals surface area contributed by atoms with Gasteiger partial charge in [0.25, 0.3) is 0 Å². The van der Waals surface area contributed by atoms with Gasteiger partial charge in [0.05, 0.1) is 17.9 Å². The number of aryl methyl sites for hydroxylation is 2. The number of nitrogens with zero attached hydrogens (tertiary/aromatic N) is 3. The number of aromatic nitrogens is 3. The van der Waals surface area contributed by atoms with E-state index >= 15 is 0 Å². The van der Waals surface area contributed by atoms with E-state index in [-0.39, 0.29) is 0 Å². The molecule has 16 heavy (non-hydrogen) atoms. The normalized spacial score (nSPS) is 10.9. The van der Waals surface area contributed by atoms with Crippen LogP contribution < -0.4 is 5.32 Å². The molecule has 0 spiro atoms. The van der Waals surface area contributed by atoms with Gasteiger partial charge in [-0.1, -0.05) is 5.16 Å². The van der Waals surface area contributed by atoms with Crippen molar-refractivity contribution in [3.8, 4) is 0 Å². The molecule has 0 unspecified atom stereocenters. The van der Waals surface area contributed by atoms with Crippen molar-refractivity contribution in [2.24, 2.45) is 0 Å². The predicted octanol–water partition coefficient (Wildman–Crippen LogP) is 1.49. The van der Waals surface area contributed by atoms with E-state index in [0.717, 1.165) is 24.5 Å². The zero-order chi connectivity index (χ0) is 11.4. The van der Waals surface area contributed by atoms with Crippen LogP contribution in [0.25, 0.3) is 0 Å². The number of nitrogens with one attached hydrogen (secondary N) is 1. The second-order valence-corrected chi connectivity index (χ2v) is 3.68. The first-order chi connectivity index (χ1) is 7.79. The second-order valence-electron chi connectivity index (χ2n) is 3.68. The fraction of sp³-hybridized carbons (Fsp3) is 0.455. The molecule has 5 heteroatoms. The van der Waals surface area contributed by atoms with Crippen molar-refractivity contribution in [2.45, 2.75) is 33.5 Å². The van der Waals surface area contributed by atoms with Crippen LogP contribution in [0.15, 0.2) is 22.9 Å². The third kappa shape index (κ3) is 2.49. The fourth-order valence-corrected chi connectivity index (χ4v) is 1.61. The van der Waals surface area contributed by atoms with Crippen LogP contribution in [0.3, 0.4) is 0 Å². The average Bonchev–Trinajstić information content (AvgIpc) is 2.87. The summed E-state index contributed by atoms with van der Waals surface area (Å²) in [6.45, 7) is 6.37. The summed E-state index contributed by atoms with van der Waals surface area (Å²) in [6.07, 6.45) is 1.82. The zero-order valence-electron chi connectivity index (χ0n) is 9.60. The van der Waals surface area contributed by atoms with Gasteiger partial charge in [0.2, 0.25) is 0 Å².